The third kappa shape index (κ3) is 4.28. The zero-order valence-corrected chi connectivity index (χ0v) is 16.1. The second-order valence-electron chi connectivity index (χ2n) is 6.84. The van der Waals surface area contributed by atoms with Gasteiger partial charge in [0.05, 0.1) is 0 Å². The number of carbonyl (C=O) groups is 1. The first-order chi connectivity index (χ1) is 13.3. The third-order valence-corrected chi connectivity index (χ3v) is 6.44. The molecular weight excluding hydrogens is 352 g/mol. The molecule has 0 aromatic heterocycles. The fourth-order valence-electron chi connectivity index (χ4n) is 3.64. The van der Waals surface area contributed by atoms with Crippen LogP contribution in [0.25, 0.3) is 10.8 Å². The molecule has 0 aliphatic carbocycles. The maximum atomic E-state index is 12.7. The molecule has 138 valence electrons. The Balaban J connectivity index is 1.37. The topological polar surface area (TPSA) is 32.3 Å². The van der Waals surface area contributed by atoms with E-state index in [1.165, 1.54) is 16.3 Å². The fraction of sp³-hybridized carbons (Fsp3) is 0.261. The molecule has 0 saturated carbocycles. The number of nitrogens with one attached hydrogen (secondary N) is 1. The van der Waals surface area contributed by atoms with Gasteiger partial charge in [-0.1, -0.05) is 72.8 Å². The van der Waals surface area contributed by atoms with Crippen LogP contribution in [0.15, 0.2) is 72.8 Å². The van der Waals surface area contributed by atoms with E-state index in [0.29, 0.717) is 11.8 Å². The normalized spacial score (nSPS) is 17.5. The van der Waals surface area contributed by atoms with Crippen LogP contribution in [0.5, 0.6) is 0 Å². The Kier molecular flexibility index (Phi) is 5.64. The van der Waals surface area contributed by atoms with Crippen LogP contribution < -0.4 is 5.32 Å². The van der Waals surface area contributed by atoms with Gasteiger partial charge in [-0.25, -0.2) is 4.79 Å². The first-order valence-electron chi connectivity index (χ1n) is 9.47. The first-order valence-corrected chi connectivity index (χ1v) is 10.5. The molecule has 0 spiro atoms. The van der Waals surface area contributed by atoms with Gasteiger partial charge in [-0.2, -0.15) is 11.8 Å². The molecule has 2 amide bonds. The van der Waals surface area contributed by atoms with Gasteiger partial charge in [-0.3, -0.25) is 0 Å². The Labute approximate surface area is 164 Å². The maximum Gasteiger partial charge on any atom is 0.317 e. The number of nitrogens with zero attached hydrogens (tertiary/aromatic N) is 1. The van der Waals surface area contributed by atoms with Crippen molar-refractivity contribution in [2.45, 2.75) is 18.2 Å². The van der Waals surface area contributed by atoms with E-state index in [1.54, 1.807) is 0 Å². The Morgan fingerprint density at radius 1 is 0.963 bits per heavy atom. The van der Waals surface area contributed by atoms with Gasteiger partial charge in [0.15, 0.2) is 0 Å². The number of benzene rings is 3. The molecule has 1 saturated heterocycles. The molecule has 27 heavy (non-hydrogen) atoms. The summed E-state index contributed by atoms with van der Waals surface area (Å²) in [5, 5.41) is 6.01. The van der Waals surface area contributed by atoms with E-state index in [9.17, 15) is 4.79 Å². The molecule has 1 N–H and O–H groups in total. The number of amides is 2. The summed E-state index contributed by atoms with van der Waals surface area (Å²) in [4.78, 5) is 14.7. The maximum absolute atomic E-state index is 12.7. The summed E-state index contributed by atoms with van der Waals surface area (Å²) in [5.41, 5.74) is 2.52. The standard InChI is InChI=1S/C23H24N2OS/c26-23(24-17-20-11-6-10-18-7-4-5-12-21(18)20)25-14-13-22(27-16-15-25)19-8-2-1-3-9-19/h1-12,22H,13-17H2,(H,24,26)/t22-/m1/s1. The summed E-state index contributed by atoms with van der Waals surface area (Å²) in [7, 11) is 0. The largest absolute Gasteiger partial charge is 0.334 e. The minimum atomic E-state index is 0.0391. The number of thioether (sulfide) groups is 1. The molecular formula is C23H24N2OS. The average molecular weight is 377 g/mol. The van der Waals surface area contributed by atoms with Gasteiger partial charge in [0.2, 0.25) is 0 Å². The van der Waals surface area contributed by atoms with E-state index in [1.807, 2.05) is 28.8 Å². The summed E-state index contributed by atoms with van der Waals surface area (Å²) in [6.07, 6.45) is 0.996. The monoisotopic (exact) mass is 376 g/mol. The highest BCUT2D eigenvalue weighted by molar-refractivity contribution is 7.99. The summed E-state index contributed by atoms with van der Waals surface area (Å²) < 4.78 is 0. The minimum Gasteiger partial charge on any atom is -0.334 e. The number of hydrogen-bond donors (Lipinski definition) is 1. The van der Waals surface area contributed by atoms with Crippen molar-refractivity contribution in [1.82, 2.24) is 10.2 Å². The molecule has 0 radical (unpaired) electrons. The number of rotatable bonds is 3. The summed E-state index contributed by atoms with van der Waals surface area (Å²) in [5.74, 6) is 0.973. The minimum absolute atomic E-state index is 0.0391. The van der Waals surface area contributed by atoms with Crippen LogP contribution in [-0.4, -0.2) is 29.8 Å². The van der Waals surface area contributed by atoms with Crippen LogP contribution in [0.2, 0.25) is 0 Å². The summed E-state index contributed by atoms with van der Waals surface area (Å²) in [6.45, 7) is 2.16. The summed E-state index contributed by atoms with van der Waals surface area (Å²) >= 11 is 1.95. The second kappa shape index (κ2) is 8.49. The van der Waals surface area contributed by atoms with Gasteiger partial charge < -0.3 is 10.2 Å². The van der Waals surface area contributed by atoms with Crippen LogP contribution in [0, 0.1) is 0 Å². The van der Waals surface area contributed by atoms with Crippen molar-refractivity contribution in [2.75, 3.05) is 18.8 Å². The van der Waals surface area contributed by atoms with Crippen molar-refractivity contribution < 1.29 is 4.79 Å². The number of urea groups is 1. The predicted octanol–water partition coefficient (Wildman–Crippen LogP) is 5.23. The van der Waals surface area contributed by atoms with Crippen LogP contribution in [-0.2, 0) is 6.54 Å². The zero-order valence-electron chi connectivity index (χ0n) is 15.3. The Hall–Kier alpha value is -2.46. The number of carbonyl (C=O) groups excluding carboxylic acids is 1. The van der Waals surface area contributed by atoms with Gasteiger partial charge >= 0.3 is 6.03 Å². The van der Waals surface area contributed by atoms with Gasteiger partial charge in [0, 0.05) is 30.6 Å². The van der Waals surface area contributed by atoms with E-state index in [2.05, 4.69) is 66.0 Å². The quantitative estimate of drug-likeness (QED) is 0.679. The van der Waals surface area contributed by atoms with E-state index in [4.69, 9.17) is 0 Å². The molecule has 3 nitrogen and oxygen atoms in total. The molecule has 1 heterocycles. The molecule has 0 bridgehead atoms. The van der Waals surface area contributed by atoms with E-state index >= 15 is 0 Å². The molecule has 1 atom stereocenters. The van der Waals surface area contributed by atoms with Crippen molar-refractivity contribution in [1.29, 1.82) is 0 Å². The van der Waals surface area contributed by atoms with E-state index < -0.39 is 0 Å². The Morgan fingerprint density at radius 2 is 1.74 bits per heavy atom. The molecule has 4 rings (SSSR count). The molecule has 3 aromatic rings. The van der Waals surface area contributed by atoms with Crippen molar-refractivity contribution in [2.24, 2.45) is 0 Å². The molecule has 3 aromatic carbocycles. The highest BCUT2D eigenvalue weighted by Gasteiger charge is 2.21. The lowest BCUT2D eigenvalue weighted by atomic mass is 10.0. The van der Waals surface area contributed by atoms with Crippen LogP contribution in [0.3, 0.4) is 0 Å². The number of hydrogen-bond acceptors (Lipinski definition) is 2. The highest BCUT2D eigenvalue weighted by atomic mass is 32.2. The smallest absolute Gasteiger partial charge is 0.317 e. The fourth-order valence-corrected chi connectivity index (χ4v) is 4.87. The Morgan fingerprint density at radius 3 is 2.63 bits per heavy atom. The molecule has 1 fully saturated rings. The lowest BCUT2D eigenvalue weighted by molar-refractivity contribution is 0.200. The first kappa shape index (κ1) is 17.9. The molecule has 1 aliphatic rings. The number of fused-ring (bicyclic) bond motifs is 1. The van der Waals surface area contributed by atoms with Crippen molar-refractivity contribution >= 4 is 28.6 Å². The zero-order chi connectivity index (χ0) is 18.5. The lowest BCUT2D eigenvalue weighted by Gasteiger charge is -2.21. The van der Waals surface area contributed by atoms with E-state index in [0.717, 1.165) is 30.8 Å². The van der Waals surface area contributed by atoms with Gasteiger partial charge in [-0.15, -0.1) is 0 Å². The molecule has 1 aliphatic heterocycles. The predicted molar refractivity (Wildman–Crippen MR) is 114 cm³/mol. The van der Waals surface area contributed by atoms with Crippen LogP contribution >= 0.6 is 11.8 Å². The van der Waals surface area contributed by atoms with Crippen molar-refractivity contribution in [3.63, 3.8) is 0 Å². The molecule has 0 unspecified atom stereocenters. The van der Waals surface area contributed by atoms with Gasteiger partial charge in [0.25, 0.3) is 0 Å². The molecule has 4 heteroatoms. The highest BCUT2D eigenvalue weighted by Crippen LogP contribution is 2.34. The van der Waals surface area contributed by atoms with Crippen LogP contribution in [0.1, 0.15) is 22.8 Å². The summed E-state index contributed by atoms with van der Waals surface area (Å²) in [6, 6.07) is 25.2. The SMILES string of the molecule is O=C(NCc1cccc2ccccc12)N1CCS[C@@H](c2ccccc2)CC1. The van der Waals surface area contributed by atoms with Gasteiger partial charge in [0.1, 0.15) is 0 Å². The third-order valence-electron chi connectivity index (χ3n) is 5.11. The average Bonchev–Trinajstić information content (AvgIpc) is 2.99. The van der Waals surface area contributed by atoms with Crippen molar-refractivity contribution in [3.8, 4) is 0 Å². The van der Waals surface area contributed by atoms with Crippen LogP contribution in [0.4, 0.5) is 4.79 Å². The second-order valence-corrected chi connectivity index (χ2v) is 8.15. The lowest BCUT2D eigenvalue weighted by Crippen LogP contribution is -2.40. The Bertz CT molecular complexity index is 907. The van der Waals surface area contributed by atoms with E-state index in [-0.39, 0.29) is 6.03 Å². The van der Waals surface area contributed by atoms with Crippen molar-refractivity contribution in [3.05, 3.63) is 83.9 Å². The van der Waals surface area contributed by atoms with Gasteiger partial charge in [-0.05, 0) is 28.3 Å².